The SMILES string of the molecule is O=S(=O)(c1ccc(Oc2ccccc2)cc1)N1CCN(c2ccc(N3CCCC3)nn2)CC1. The van der Waals surface area contributed by atoms with Gasteiger partial charge >= 0.3 is 0 Å². The van der Waals surface area contributed by atoms with Crippen molar-refractivity contribution in [2.75, 3.05) is 49.1 Å². The average Bonchev–Trinajstić information content (AvgIpc) is 3.40. The molecule has 172 valence electrons. The van der Waals surface area contributed by atoms with Gasteiger partial charge < -0.3 is 14.5 Å². The lowest BCUT2D eigenvalue weighted by atomic mass is 10.3. The van der Waals surface area contributed by atoms with E-state index in [4.69, 9.17) is 4.74 Å². The predicted molar refractivity (Wildman–Crippen MR) is 127 cm³/mol. The van der Waals surface area contributed by atoms with Gasteiger partial charge in [0.25, 0.3) is 0 Å². The quantitative estimate of drug-likeness (QED) is 0.552. The Morgan fingerprint density at radius 3 is 1.76 bits per heavy atom. The second-order valence-corrected chi connectivity index (χ2v) is 10.2. The summed E-state index contributed by atoms with van der Waals surface area (Å²) in [5, 5.41) is 8.77. The molecule has 1 aromatic heterocycles. The Bertz CT molecular complexity index is 1160. The second kappa shape index (κ2) is 9.36. The molecule has 0 atom stereocenters. The molecule has 9 heteroatoms. The highest BCUT2D eigenvalue weighted by atomic mass is 32.2. The summed E-state index contributed by atoms with van der Waals surface area (Å²) in [5.41, 5.74) is 0. The summed E-state index contributed by atoms with van der Waals surface area (Å²) in [6.07, 6.45) is 2.39. The Hall–Kier alpha value is -3.17. The molecule has 0 spiro atoms. The topological polar surface area (TPSA) is 78.9 Å². The predicted octanol–water partition coefficient (Wildman–Crippen LogP) is 3.38. The van der Waals surface area contributed by atoms with Gasteiger partial charge in [0, 0.05) is 39.3 Å². The molecule has 2 aromatic carbocycles. The molecule has 0 saturated carbocycles. The van der Waals surface area contributed by atoms with Crippen LogP contribution in [-0.4, -0.2) is 62.2 Å². The number of hydrogen-bond acceptors (Lipinski definition) is 7. The maximum Gasteiger partial charge on any atom is 0.243 e. The third kappa shape index (κ3) is 4.79. The molecule has 2 fully saturated rings. The van der Waals surface area contributed by atoms with Gasteiger partial charge in [-0.15, -0.1) is 10.2 Å². The molecule has 0 radical (unpaired) electrons. The van der Waals surface area contributed by atoms with Crippen molar-refractivity contribution in [2.45, 2.75) is 17.7 Å². The van der Waals surface area contributed by atoms with Crippen LogP contribution in [0.15, 0.2) is 71.6 Å². The number of ether oxygens (including phenoxy) is 1. The first-order valence-corrected chi connectivity index (χ1v) is 12.7. The van der Waals surface area contributed by atoms with Crippen molar-refractivity contribution in [3.05, 3.63) is 66.7 Å². The van der Waals surface area contributed by atoms with Crippen LogP contribution in [0.25, 0.3) is 0 Å². The molecule has 0 amide bonds. The molecule has 33 heavy (non-hydrogen) atoms. The van der Waals surface area contributed by atoms with Crippen molar-refractivity contribution < 1.29 is 13.2 Å². The summed E-state index contributed by atoms with van der Waals surface area (Å²) in [6, 6.07) is 20.0. The van der Waals surface area contributed by atoms with E-state index in [9.17, 15) is 8.42 Å². The van der Waals surface area contributed by atoms with Crippen molar-refractivity contribution in [3.63, 3.8) is 0 Å². The number of aromatic nitrogens is 2. The molecule has 0 unspecified atom stereocenters. The van der Waals surface area contributed by atoms with Crippen LogP contribution in [0.5, 0.6) is 11.5 Å². The lowest BCUT2D eigenvalue weighted by Gasteiger charge is -2.34. The van der Waals surface area contributed by atoms with Crippen LogP contribution in [0.4, 0.5) is 11.6 Å². The van der Waals surface area contributed by atoms with Crippen LogP contribution in [0.2, 0.25) is 0 Å². The van der Waals surface area contributed by atoms with Gasteiger partial charge in [0.15, 0.2) is 11.6 Å². The van der Waals surface area contributed by atoms with Gasteiger partial charge in [-0.2, -0.15) is 4.31 Å². The van der Waals surface area contributed by atoms with E-state index >= 15 is 0 Å². The van der Waals surface area contributed by atoms with Crippen molar-refractivity contribution in [2.24, 2.45) is 0 Å². The largest absolute Gasteiger partial charge is 0.457 e. The summed E-state index contributed by atoms with van der Waals surface area (Å²) < 4.78 is 33.5. The number of rotatable bonds is 6. The Balaban J connectivity index is 1.20. The zero-order valence-electron chi connectivity index (χ0n) is 18.4. The molecule has 2 aliphatic rings. The molecule has 3 heterocycles. The maximum absolute atomic E-state index is 13.1. The fourth-order valence-electron chi connectivity index (χ4n) is 4.21. The van der Waals surface area contributed by atoms with E-state index < -0.39 is 10.0 Å². The number of anilines is 2. The van der Waals surface area contributed by atoms with E-state index in [1.807, 2.05) is 42.5 Å². The van der Waals surface area contributed by atoms with Gasteiger partial charge in [-0.05, 0) is 61.4 Å². The monoisotopic (exact) mass is 465 g/mol. The molecule has 8 nitrogen and oxygen atoms in total. The highest BCUT2D eigenvalue weighted by Gasteiger charge is 2.29. The van der Waals surface area contributed by atoms with Gasteiger partial charge in [-0.25, -0.2) is 8.42 Å². The smallest absolute Gasteiger partial charge is 0.243 e. The Kier molecular flexibility index (Phi) is 6.15. The lowest BCUT2D eigenvalue weighted by Crippen LogP contribution is -2.49. The van der Waals surface area contributed by atoms with Gasteiger partial charge in [-0.3, -0.25) is 0 Å². The van der Waals surface area contributed by atoms with E-state index in [1.165, 1.54) is 17.1 Å². The van der Waals surface area contributed by atoms with E-state index in [0.29, 0.717) is 37.7 Å². The highest BCUT2D eigenvalue weighted by molar-refractivity contribution is 7.89. The Labute approximate surface area is 194 Å². The highest BCUT2D eigenvalue weighted by Crippen LogP contribution is 2.25. The van der Waals surface area contributed by atoms with Crippen molar-refractivity contribution in [3.8, 4) is 11.5 Å². The van der Waals surface area contributed by atoms with Crippen LogP contribution in [-0.2, 0) is 10.0 Å². The first-order chi connectivity index (χ1) is 16.1. The molecule has 3 aromatic rings. The number of hydrogen-bond donors (Lipinski definition) is 0. The molecule has 0 N–H and O–H groups in total. The molecular weight excluding hydrogens is 438 g/mol. The van der Waals surface area contributed by atoms with E-state index in [-0.39, 0.29) is 4.90 Å². The summed E-state index contributed by atoms with van der Waals surface area (Å²) in [5.74, 6) is 3.01. The minimum Gasteiger partial charge on any atom is -0.457 e. The maximum atomic E-state index is 13.1. The number of benzene rings is 2. The fourth-order valence-corrected chi connectivity index (χ4v) is 5.63. The van der Waals surface area contributed by atoms with Gasteiger partial charge in [0.05, 0.1) is 4.90 Å². The first kappa shape index (κ1) is 21.7. The third-order valence-corrected chi connectivity index (χ3v) is 7.98. The van der Waals surface area contributed by atoms with E-state index in [2.05, 4.69) is 20.0 Å². The van der Waals surface area contributed by atoms with E-state index in [0.717, 1.165) is 24.7 Å². The normalized spacial score (nSPS) is 17.3. The Morgan fingerprint density at radius 2 is 1.18 bits per heavy atom. The van der Waals surface area contributed by atoms with E-state index in [1.54, 1.807) is 24.3 Å². The van der Waals surface area contributed by atoms with Crippen molar-refractivity contribution >= 4 is 21.7 Å². The standard InChI is InChI=1S/C24H27N5O3S/c30-33(31,22-10-8-21(9-11-22)32-20-6-2-1-3-7-20)29-18-16-28(17-19-29)24-13-12-23(25-26-24)27-14-4-5-15-27/h1-3,6-13H,4-5,14-19H2. The number of sulfonamides is 1. The lowest BCUT2D eigenvalue weighted by molar-refractivity contribution is 0.383. The van der Waals surface area contributed by atoms with Crippen LogP contribution in [0, 0.1) is 0 Å². The van der Waals surface area contributed by atoms with Crippen LogP contribution in [0.1, 0.15) is 12.8 Å². The molecule has 0 bridgehead atoms. The average molecular weight is 466 g/mol. The summed E-state index contributed by atoms with van der Waals surface area (Å²) in [7, 11) is -3.57. The minimum atomic E-state index is -3.57. The Morgan fingerprint density at radius 1 is 0.636 bits per heavy atom. The molecule has 2 aliphatic heterocycles. The molecule has 2 saturated heterocycles. The first-order valence-electron chi connectivity index (χ1n) is 11.3. The number of para-hydroxylation sites is 1. The second-order valence-electron chi connectivity index (χ2n) is 8.22. The number of nitrogens with zero attached hydrogens (tertiary/aromatic N) is 5. The van der Waals surface area contributed by atoms with Gasteiger partial charge in [-0.1, -0.05) is 18.2 Å². The van der Waals surface area contributed by atoms with Gasteiger partial charge in [0.2, 0.25) is 10.0 Å². The third-order valence-electron chi connectivity index (χ3n) is 6.07. The minimum absolute atomic E-state index is 0.270. The van der Waals surface area contributed by atoms with Crippen LogP contribution in [0.3, 0.4) is 0 Å². The number of piperazine rings is 1. The van der Waals surface area contributed by atoms with Crippen molar-refractivity contribution in [1.82, 2.24) is 14.5 Å². The molecule has 0 aliphatic carbocycles. The van der Waals surface area contributed by atoms with Crippen molar-refractivity contribution in [1.29, 1.82) is 0 Å². The summed E-state index contributed by atoms with van der Waals surface area (Å²) >= 11 is 0. The zero-order chi connectivity index (χ0) is 22.7. The van der Waals surface area contributed by atoms with Crippen LogP contribution < -0.4 is 14.5 Å². The van der Waals surface area contributed by atoms with Crippen LogP contribution >= 0.6 is 0 Å². The fraction of sp³-hybridized carbons (Fsp3) is 0.333. The molecule has 5 rings (SSSR count). The summed E-state index contributed by atoms with van der Waals surface area (Å²) in [4.78, 5) is 4.60. The molecular formula is C24H27N5O3S. The van der Waals surface area contributed by atoms with Gasteiger partial charge in [0.1, 0.15) is 11.5 Å². The zero-order valence-corrected chi connectivity index (χ0v) is 19.2. The summed E-state index contributed by atoms with van der Waals surface area (Å²) in [6.45, 7) is 4.02.